The summed E-state index contributed by atoms with van der Waals surface area (Å²) in [4.78, 5) is 25.0. The SMILES string of the molecule is CC(C)(C)CCC(=O)N1CCCCCC1C(=O)O. The molecule has 0 aromatic rings. The predicted molar refractivity (Wildman–Crippen MR) is 70.3 cm³/mol. The molecule has 1 N–H and O–H groups in total. The van der Waals surface area contributed by atoms with E-state index >= 15 is 0 Å². The molecule has 0 bridgehead atoms. The molecular weight excluding hydrogens is 230 g/mol. The molecule has 1 fully saturated rings. The molecule has 1 unspecified atom stereocenters. The summed E-state index contributed by atoms with van der Waals surface area (Å²) in [6.07, 6.45) is 4.69. The van der Waals surface area contributed by atoms with E-state index in [0.29, 0.717) is 19.4 Å². The molecule has 1 aliphatic heterocycles. The van der Waals surface area contributed by atoms with Gasteiger partial charge in [0.15, 0.2) is 0 Å². The van der Waals surface area contributed by atoms with Crippen LogP contribution in [0, 0.1) is 5.41 Å². The summed E-state index contributed by atoms with van der Waals surface area (Å²) in [5, 5.41) is 9.22. The van der Waals surface area contributed by atoms with Crippen molar-refractivity contribution >= 4 is 11.9 Å². The molecule has 1 aliphatic rings. The lowest BCUT2D eigenvalue weighted by atomic mass is 9.90. The molecule has 1 heterocycles. The number of carboxylic acids is 1. The van der Waals surface area contributed by atoms with Crippen molar-refractivity contribution in [2.45, 2.75) is 65.3 Å². The van der Waals surface area contributed by atoms with Crippen molar-refractivity contribution < 1.29 is 14.7 Å². The first-order valence-corrected chi connectivity index (χ1v) is 6.83. The van der Waals surface area contributed by atoms with E-state index in [4.69, 9.17) is 0 Å². The number of hydrogen-bond acceptors (Lipinski definition) is 2. The minimum Gasteiger partial charge on any atom is -0.480 e. The molecule has 104 valence electrons. The van der Waals surface area contributed by atoms with Gasteiger partial charge in [-0.1, -0.05) is 33.6 Å². The molecule has 0 saturated carbocycles. The molecule has 0 aromatic carbocycles. The number of aliphatic carboxylic acids is 1. The van der Waals surface area contributed by atoms with Crippen LogP contribution in [0.1, 0.15) is 59.3 Å². The highest BCUT2D eigenvalue weighted by Crippen LogP contribution is 2.23. The van der Waals surface area contributed by atoms with Gasteiger partial charge < -0.3 is 10.0 Å². The van der Waals surface area contributed by atoms with Gasteiger partial charge in [0.05, 0.1) is 0 Å². The molecule has 4 nitrogen and oxygen atoms in total. The molecule has 1 amide bonds. The van der Waals surface area contributed by atoms with Crippen LogP contribution in [0.2, 0.25) is 0 Å². The van der Waals surface area contributed by atoms with Gasteiger partial charge in [-0.3, -0.25) is 4.79 Å². The van der Waals surface area contributed by atoms with Crippen molar-refractivity contribution in [3.63, 3.8) is 0 Å². The van der Waals surface area contributed by atoms with Crippen molar-refractivity contribution in [2.75, 3.05) is 6.54 Å². The van der Waals surface area contributed by atoms with Crippen LogP contribution in [0.3, 0.4) is 0 Å². The number of carbonyl (C=O) groups is 2. The van der Waals surface area contributed by atoms with E-state index < -0.39 is 12.0 Å². The summed E-state index contributed by atoms with van der Waals surface area (Å²) in [6, 6.07) is -0.611. The topological polar surface area (TPSA) is 57.6 Å². The Labute approximate surface area is 109 Å². The largest absolute Gasteiger partial charge is 0.480 e. The third-order valence-corrected chi connectivity index (χ3v) is 3.45. The third kappa shape index (κ3) is 4.67. The van der Waals surface area contributed by atoms with E-state index in [2.05, 4.69) is 20.8 Å². The molecule has 0 aromatic heterocycles. The monoisotopic (exact) mass is 255 g/mol. The van der Waals surface area contributed by atoms with Crippen LogP contribution in [0.25, 0.3) is 0 Å². The smallest absolute Gasteiger partial charge is 0.326 e. The van der Waals surface area contributed by atoms with Crippen LogP contribution >= 0.6 is 0 Å². The van der Waals surface area contributed by atoms with Crippen LogP contribution in [-0.2, 0) is 9.59 Å². The average Bonchev–Trinajstić information content (AvgIpc) is 2.49. The van der Waals surface area contributed by atoms with Gasteiger partial charge in [0.2, 0.25) is 5.91 Å². The van der Waals surface area contributed by atoms with Crippen molar-refractivity contribution in [1.29, 1.82) is 0 Å². The number of carboxylic acid groups (broad SMARTS) is 1. The molecule has 1 rings (SSSR count). The van der Waals surface area contributed by atoms with Gasteiger partial charge in [-0.15, -0.1) is 0 Å². The van der Waals surface area contributed by atoms with Gasteiger partial charge in [0, 0.05) is 13.0 Å². The Hall–Kier alpha value is -1.06. The summed E-state index contributed by atoms with van der Waals surface area (Å²) < 4.78 is 0. The highest BCUT2D eigenvalue weighted by atomic mass is 16.4. The number of carbonyl (C=O) groups excluding carboxylic acids is 1. The highest BCUT2D eigenvalue weighted by Gasteiger charge is 2.30. The first kappa shape index (κ1) is 15.0. The maximum absolute atomic E-state index is 12.2. The summed E-state index contributed by atoms with van der Waals surface area (Å²) in [5.41, 5.74) is 0.111. The minimum absolute atomic E-state index is 0.000718. The number of amides is 1. The van der Waals surface area contributed by atoms with E-state index in [1.54, 1.807) is 4.90 Å². The zero-order chi connectivity index (χ0) is 13.8. The standard InChI is InChI=1S/C14H25NO3/c1-14(2,3)9-8-12(16)15-10-6-4-5-7-11(15)13(17)18/h11H,4-10H2,1-3H3,(H,17,18). The molecular formula is C14H25NO3. The molecule has 4 heteroatoms. The zero-order valence-electron chi connectivity index (χ0n) is 11.7. The van der Waals surface area contributed by atoms with Crippen LogP contribution in [0.4, 0.5) is 0 Å². The summed E-state index contributed by atoms with van der Waals surface area (Å²) >= 11 is 0. The molecule has 0 aliphatic carbocycles. The minimum atomic E-state index is -0.860. The van der Waals surface area contributed by atoms with Crippen LogP contribution in [0.15, 0.2) is 0 Å². The Bertz CT molecular complexity index is 307. The van der Waals surface area contributed by atoms with E-state index in [9.17, 15) is 14.7 Å². The van der Waals surface area contributed by atoms with E-state index in [1.165, 1.54) is 0 Å². The lowest BCUT2D eigenvalue weighted by molar-refractivity contribution is -0.150. The second-order valence-corrected chi connectivity index (χ2v) is 6.35. The number of likely N-dealkylation sites (tertiary alicyclic amines) is 1. The highest BCUT2D eigenvalue weighted by molar-refractivity contribution is 5.83. The number of nitrogens with zero attached hydrogens (tertiary/aromatic N) is 1. The molecule has 0 spiro atoms. The Balaban J connectivity index is 2.64. The Morgan fingerprint density at radius 2 is 1.89 bits per heavy atom. The molecule has 1 saturated heterocycles. The fourth-order valence-electron chi connectivity index (χ4n) is 2.29. The summed E-state index contributed by atoms with van der Waals surface area (Å²) in [6.45, 7) is 6.88. The van der Waals surface area contributed by atoms with Crippen LogP contribution < -0.4 is 0 Å². The van der Waals surface area contributed by atoms with Gasteiger partial charge in [0.25, 0.3) is 0 Å². The van der Waals surface area contributed by atoms with Gasteiger partial charge in [0.1, 0.15) is 6.04 Å². The second kappa shape index (κ2) is 6.21. The lowest BCUT2D eigenvalue weighted by Gasteiger charge is -2.28. The van der Waals surface area contributed by atoms with Crippen LogP contribution in [0.5, 0.6) is 0 Å². The molecule has 18 heavy (non-hydrogen) atoms. The Morgan fingerprint density at radius 1 is 1.22 bits per heavy atom. The maximum atomic E-state index is 12.2. The van der Waals surface area contributed by atoms with Crippen molar-refractivity contribution in [3.8, 4) is 0 Å². The second-order valence-electron chi connectivity index (χ2n) is 6.35. The predicted octanol–water partition coefficient (Wildman–Crippen LogP) is 2.67. The quantitative estimate of drug-likeness (QED) is 0.843. The Morgan fingerprint density at radius 3 is 2.44 bits per heavy atom. The van der Waals surface area contributed by atoms with Gasteiger partial charge >= 0.3 is 5.97 Å². The third-order valence-electron chi connectivity index (χ3n) is 3.45. The van der Waals surface area contributed by atoms with Gasteiger partial charge in [-0.05, 0) is 24.7 Å². The van der Waals surface area contributed by atoms with E-state index in [-0.39, 0.29) is 11.3 Å². The fourth-order valence-corrected chi connectivity index (χ4v) is 2.29. The lowest BCUT2D eigenvalue weighted by Crippen LogP contribution is -2.44. The molecule has 1 atom stereocenters. The first-order valence-electron chi connectivity index (χ1n) is 6.83. The van der Waals surface area contributed by atoms with E-state index in [0.717, 1.165) is 25.7 Å². The Kier molecular flexibility index (Phi) is 5.17. The van der Waals surface area contributed by atoms with Crippen molar-refractivity contribution in [1.82, 2.24) is 4.90 Å². The van der Waals surface area contributed by atoms with Crippen molar-refractivity contribution in [3.05, 3.63) is 0 Å². The number of hydrogen-bond donors (Lipinski definition) is 1. The summed E-state index contributed by atoms with van der Waals surface area (Å²) in [5.74, 6) is -0.861. The van der Waals surface area contributed by atoms with E-state index in [1.807, 2.05) is 0 Å². The molecule has 0 radical (unpaired) electrons. The van der Waals surface area contributed by atoms with Gasteiger partial charge in [-0.25, -0.2) is 4.79 Å². The summed E-state index contributed by atoms with van der Waals surface area (Å²) in [7, 11) is 0. The van der Waals surface area contributed by atoms with Crippen molar-refractivity contribution in [2.24, 2.45) is 5.41 Å². The average molecular weight is 255 g/mol. The maximum Gasteiger partial charge on any atom is 0.326 e. The zero-order valence-corrected chi connectivity index (χ0v) is 11.7. The first-order chi connectivity index (χ1) is 8.31. The van der Waals surface area contributed by atoms with Gasteiger partial charge in [-0.2, -0.15) is 0 Å². The van der Waals surface area contributed by atoms with Crippen LogP contribution in [-0.4, -0.2) is 34.5 Å². The normalized spacial score (nSPS) is 21.5. The fraction of sp³-hybridized carbons (Fsp3) is 0.857. The number of rotatable bonds is 3.